The highest BCUT2D eigenvalue weighted by Crippen LogP contribution is 2.48. The van der Waals surface area contributed by atoms with Gasteiger partial charge in [-0.15, -0.1) is 11.3 Å². The van der Waals surface area contributed by atoms with Crippen molar-refractivity contribution >= 4 is 22.3 Å². The first-order valence-corrected chi connectivity index (χ1v) is 9.96. The van der Waals surface area contributed by atoms with Crippen molar-refractivity contribution in [3.05, 3.63) is 17.5 Å². The molecule has 1 aromatic heterocycles. The van der Waals surface area contributed by atoms with Crippen molar-refractivity contribution in [1.29, 1.82) is 0 Å². The van der Waals surface area contributed by atoms with Gasteiger partial charge in [0.2, 0.25) is 0 Å². The van der Waals surface area contributed by atoms with E-state index in [1.807, 2.05) is 18.4 Å². The van der Waals surface area contributed by atoms with Gasteiger partial charge in [0.05, 0.1) is 5.00 Å². The number of hydrogen-bond acceptors (Lipinski definition) is 4. The van der Waals surface area contributed by atoms with E-state index in [0.717, 1.165) is 58.3 Å². The zero-order valence-corrected chi connectivity index (χ0v) is 15.8. The van der Waals surface area contributed by atoms with Gasteiger partial charge in [-0.05, 0) is 49.1 Å². The number of thiophene rings is 1. The fourth-order valence-electron chi connectivity index (χ4n) is 3.31. The number of piperazine rings is 1. The number of nitrogens with zero attached hydrogens (tertiary/aromatic N) is 3. The molecule has 3 rings (SSSR count). The molecule has 1 aromatic rings. The van der Waals surface area contributed by atoms with Gasteiger partial charge in [0.1, 0.15) is 0 Å². The molecule has 6 heteroatoms. The number of aliphatic imine (C=N–C) groups is 1. The molecule has 24 heavy (non-hydrogen) atoms. The number of rotatable bonds is 7. The van der Waals surface area contributed by atoms with E-state index in [0.29, 0.717) is 5.41 Å². The highest BCUT2D eigenvalue weighted by molar-refractivity contribution is 7.14. The standard InChI is InChI=1S/C18H30N4OS/c1-3-23-13-8-18(6-7-18)15-20-17(19-2)22-11-9-21(10-12-22)16-5-4-14-24-16/h4-5,14H,3,6-13,15H2,1-2H3,(H,19,20). The summed E-state index contributed by atoms with van der Waals surface area (Å²) in [6.45, 7) is 8.99. The molecule has 0 unspecified atom stereocenters. The van der Waals surface area contributed by atoms with Crippen LogP contribution in [0.5, 0.6) is 0 Å². The Kier molecular flexibility index (Phi) is 6.00. The average molecular weight is 351 g/mol. The van der Waals surface area contributed by atoms with Crippen LogP contribution >= 0.6 is 11.3 Å². The molecule has 5 nitrogen and oxygen atoms in total. The van der Waals surface area contributed by atoms with E-state index >= 15 is 0 Å². The highest BCUT2D eigenvalue weighted by atomic mass is 32.1. The van der Waals surface area contributed by atoms with Gasteiger partial charge in [0.15, 0.2) is 5.96 Å². The molecule has 1 aliphatic heterocycles. The first kappa shape index (κ1) is 17.5. The first-order chi connectivity index (χ1) is 11.8. The Balaban J connectivity index is 1.44. The van der Waals surface area contributed by atoms with Crippen LogP contribution in [0.2, 0.25) is 0 Å². The molecule has 1 saturated heterocycles. The van der Waals surface area contributed by atoms with Gasteiger partial charge in [-0.2, -0.15) is 0 Å². The van der Waals surface area contributed by atoms with E-state index < -0.39 is 0 Å². The van der Waals surface area contributed by atoms with Crippen LogP contribution in [0.25, 0.3) is 0 Å². The Bertz CT molecular complexity index is 519. The van der Waals surface area contributed by atoms with Crippen molar-refractivity contribution in [2.45, 2.75) is 26.2 Å². The fourth-order valence-corrected chi connectivity index (χ4v) is 4.10. The van der Waals surface area contributed by atoms with Gasteiger partial charge in [0, 0.05) is 53.0 Å². The van der Waals surface area contributed by atoms with Crippen LogP contribution in [-0.4, -0.2) is 63.8 Å². The summed E-state index contributed by atoms with van der Waals surface area (Å²) < 4.78 is 5.53. The molecule has 2 fully saturated rings. The molecule has 2 heterocycles. The second-order valence-corrected chi connectivity index (χ2v) is 7.70. The van der Waals surface area contributed by atoms with Gasteiger partial charge in [0.25, 0.3) is 0 Å². The van der Waals surface area contributed by atoms with E-state index in [9.17, 15) is 0 Å². The molecule has 1 saturated carbocycles. The highest BCUT2D eigenvalue weighted by Gasteiger charge is 2.42. The lowest BCUT2D eigenvalue weighted by molar-refractivity contribution is 0.128. The Labute approximate surface area is 149 Å². The quantitative estimate of drug-likeness (QED) is 0.466. The third kappa shape index (κ3) is 4.42. The van der Waals surface area contributed by atoms with Crippen molar-refractivity contribution in [1.82, 2.24) is 10.2 Å². The minimum Gasteiger partial charge on any atom is -0.382 e. The van der Waals surface area contributed by atoms with E-state index in [2.05, 4.69) is 44.5 Å². The minimum atomic E-state index is 0.448. The molecular weight excluding hydrogens is 320 g/mol. The molecule has 134 valence electrons. The van der Waals surface area contributed by atoms with Crippen LogP contribution in [-0.2, 0) is 4.74 Å². The predicted octanol–water partition coefficient (Wildman–Crippen LogP) is 2.65. The largest absolute Gasteiger partial charge is 0.382 e. The van der Waals surface area contributed by atoms with E-state index in [4.69, 9.17) is 4.74 Å². The molecule has 0 radical (unpaired) electrons. The number of anilines is 1. The zero-order valence-electron chi connectivity index (χ0n) is 15.0. The Morgan fingerprint density at radius 3 is 2.71 bits per heavy atom. The third-order valence-corrected chi connectivity index (χ3v) is 6.10. The van der Waals surface area contributed by atoms with Crippen LogP contribution in [0.15, 0.2) is 22.5 Å². The van der Waals surface area contributed by atoms with Gasteiger partial charge in [-0.25, -0.2) is 0 Å². The second kappa shape index (κ2) is 8.21. The van der Waals surface area contributed by atoms with E-state index in [1.54, 1.807) is 0 Å². The van der Waals surface area contributed by atoms with Crippen molar-refractivity contribution in [3.8, 4) is 0 Å². The van der Waals surface area contributed by atoms with Crippen LogP contribution in [0.4, 0.5) is 5.00 Å². The molecule has 0 amide bonds. The maximum absolute atomic E-state index is 5.53. The Hall–Kier alpha value is -1.27. The predicted molar refractivity (Wildman–Crippen MR) is 102 cm³/mol. The number of ether oxygens (including phenoxy) is 1. The molecule has 0 bridgehead atoms. The lowest BCUT2D eigenvalue weighted by Crippen LogP contribution is -2.53. The smallest absolute Gasteiger partial charge is 0.193 e. The summed E-state index contributed by atoms with van der Waals surface area (Å²) in [6, 6.07) is 4.34. The molecule has 2 aliphatic rings. The van der Waals surface area contributed by atoms with E-state index in [-0.39, 0.29) is 0 Å². The van der Waals surface area contributed by atoms with Gasteiger partial charge in [-0.1, -0.05) is 0 Å². The van der Waals surface area contributed by atoms with Crippen LogP contribution < -0.4 is 10.2 Å². The lowest BCUT2D eigenvalue weighted by Gasteiger charge is -2.37. The van der Waals surface area contributed by atoms with Crippen LogP contribution in [0, 0.1) is 5.41 Å². The van der Waals surface area contributed by atoms with E-state index in [1.165, 1.54) is 17.8 Å². The monoisotopic (exact) mass is 350 g/mol. The maximum Gasteiger partial charge on any atom is 0.193 e. The molecule has 1 aliphatic carbocycles. The maximum atomic E-state index is 5.53. The topological polar surface area (TPSA) is 40.1 Å². The molecule has 0 aromatic carbocycles. The number of guanidine groups is 1. The molecular formula is C18H30N4OS. The van der Waals surface area contributed by atoms with Crippen molar-refractivity contribution in [2.75, 3.05) is 57.9 Å². The SMILES string of the molecule is CCOCCC1(CNC(=NC)N2CCN(c3cccs3)CC2)CC1. The number of nitrogens with one attached hydrogen (secondary N) is 1. The molecule has 0 spiro atoms. The fraction of sp³-hybridized carbons (Fsp3) is 0.722. The molecule has 1 N–H and O–H groups in total. The van der Waals surface area contributed by atoms with Crippen molar-refractivity contribution in [2.24, 2.45) is 10.4 Å². The second-order valence-electron chi connectivity index (χ2n) is 6.77. The lowest BCUT2D eigenvalue weighted by atomic mass is 10.0. The van der Waals surface area contributed by atoms with Gasteiger partial charge in [-0.3, -0.25) is 4.99 Å². The third-order valence-electron chi connectivity index (χ3n) is 5.17. The summed E-state index contributed by atoms with van der Waals surface area (Å²) in [5.41, 5.74) is 0.448. The van der Waals surface area contributed by atoms with Crippen molar-refractivity contribution < 1.29 is 4.74 Å². The first-order valence-electron chi connectivity index (χ1n) is 9.08. The summed E-state index contributed by atoms with van der Waals surface area (Å²) in [6.07, 6.45) is 3.80. The minimum absolute atomic E-state index is 0.448. The molecule has 0 atom stereocenters. The summed E-state index contributed by atoms with van der Waals surface area (Å²) in [5, 5.41) is 7.16. The van der Waals surface area contributed by atoms with Gasteiger partial charge < -0.3 is 19.9 Å². The Morgan fingerprint density at radius 2 is 2.12 bits per heavy atom. The normalized spacial score (nSPS) is 20.3. The van der Waals surface area contributed by atoms with Crippen LogP contribution in [0.3, 0.4) is 0 Å². The average Bonchev–Trinajstić information content (AvgIpc) is 3.17. The zero-order chi connectivity index (χ0) is 16.8. The van der Waals surface area contributed by atoms with Crippen LogP contribution in [0.1, 0.15) is 26.2 Å². The summed E-state index contributed by atoms with van der Waals surface area (Å²) in [7, 11) is 1.90. The summed E-state index contributed by atoms with van der Waals surface area (Å²) >= 11 is 1.83. The van der Waals surface area contributed by atoms with Gasteiger partial charge >= 0.3 is 0 Å². The Morgan fingerprint density at radius 1 is 1.33 bits per heavy atom. The summed E-state index contributed by atoms with van der Waals surface area (Å²) in [5.74, 6) is 1.06. The number of hydrogen-bond donors (Lipinski definition) is 1. The summed E-state index contributed by atoms with van der Waals surface area (Å²) in [4.78, 5) is 9.37. The van der Waals surface area contributed by atoms with Crippen molar-refractivity contribution in [3.63, 3.8) is 0 Å².